The third-order valence-electron chi connectivity index (χ3n) is 3.88. The Morgan fingerprint density at radius 2 is 2.15 bits per heavy atom. The van der Waals surface area contributed by atoms with Gasteiger partial charge in [-0.1, -0.05) is 18.5 Å². The standard InChI is InChI=1S/C19H27N3O4/c1-5-6-7-16-15(13(2)26-22-16)11-25-17-9-8-14(10-20-17)18(23)21-12-19(3,4)24/h8-10,24H,5-7,11-12H2,1-4H3,(H,21,23). The molecule has 0 aliphatic carbocycles. The van der Waals surface area contributed by atoms with Crippen LogP contribution in [0.1, 0.15) is 61.0 Å². The van der Waals surface area contributed by atoms with Gasteiger partial charge in [-0.15, -0.1) is 0 Å². The van der Waals surface area contributed by atoms with Crippen molar-refractivity contribution in [3.63, 3.8) is 0 Å². The van der Waals surface area contributed by atoms with Gasteiger partial charge >= 0.3 is 0 Å². The van der Waals surface area contributed by atoms with Crippen molar-refractivity contribution in [1.29, 1.82) is 0 Å². The quantitative estimate of drug-likeness (QED) is 0.713. The number of ether oxygens (including phenoxy) is 1. The lowest BCUT2D eigenvalue weighted by molar-refractivity contribution is 0.0694. The minimum absolute atomic E-state index is 0.164. The number of nitrogens with zero attached hydrogens (tertiary/aromatic N) is 2. The van der Waals surface area contributed by atoms with Crippen LogP contribution in [0.5, 0.6) is 5.88 Å². The number of rotatable bonds is 9. The van der Waals surface area contributed by atoms with Crippen molar-refractivity contribution >= 4 is 5.91 Å². The van der Waals surface area contributed by atoms with Gasteiger partial charge in [0, 0.05) is 18.8 Å². The van der Waals surface area contributed by atoms with Gasteiger partial charge in [0.15, 0.2) is 0 Å². The van der Waals surface area contributed by atoms with Gasteiger partial charge in [-0.3, -0.25) is 4.79 Å². The Balaban J connectivity index is 1.94. The minimum Gasteiger partial charge on any atom is -0.473 e. The lowest BCUT2D eigenvalue weighted by Gasteiger charge is -2.17. The van der Waals surface area contributed by atoms with Crippen LogP contribution in [-0.4, -0.2) is 33.3 Å². The molecule has 7 nitrogen and oxygen atoms in total. The van der Waals surface area contributed by atoms with E-state index in [0.717, 1.165) is 36.3 Å². The van der Waals surface area contributed by atoms with Crippen LogP contribution in [0, 0.1) is 6.92 Å². The van der Waals surface area contributed by atoms with Crippen LogP contribution in [0.3, 0.4) is 0 Å². The molecule has 2 heterocycles. The Bertz CT molecular complexity index is 717. The van der Waals surface area contributed by atoms with E-state index in [1.165, 1.54) is 6.20 Å². The molecule has 26 heavy (non-hydrogen) atoms. The normalized spacial score (nSPS) is 11.4. The SMILES string of the molecule is CCCCc1noc(C)c1COc1ccc(C(=O)NCC(C)(C)O)cn1. The monoisotopic (exact) mass is 361 g/mol. The maximum Gasteiger partial charge on any atom is 0.252 e. The number of hydrogen-bond acceptors (Lipinski definition) is 6. The van der Waals surface area contributed by atoms with E-state index in [2.05, 4.69) is 22.4 Å². The van der Waals surface area contributed by atoms with Crippen LogP contribution in [0.25, 0.3) is 0 Å². The predicted octanol–water partition coefficient (Wildman–Crippen LogP) is 2.80. The molecule has 0 fully saturated rings. The number of carbonyl (C=O) groups excluding carboxylic acids is 1. The van der Waals surface area contributed by atoms with Gasteiger partial charge < -0.3 is 19.7 Å². The van der Waals surface area contributed by atoms with Crippen LogP contribution < -0.4 is 10.1 Å². The second kappa shape index (κ2) is 8.80. The topological polar surface area (TPSA) is 97.5 Å². The molecule has 0 unspecified atom stereocenters. The average Bonchev–Trinajstić information content (AvgIpc) is 2.95. The Morgan fingerprint density at radius 1 is 1.38 bits per heavy atom. The van der Waals surface area contributed by atoms with E-state index >= 15 is 0 Å². The summed E-state index contributed by atoms with van der Waals surface area (Å²) >= 11 is 0. The summed E-state index contributed by atoms with van der Waals surface area (Å²) in [5, 5.41) is 16.4. The van der Waals surface area contributed by atoms with Crippen molar-refractivity contribution in [1.82, 2.24) is 15.5 Å². The zero-order chi connectivity index (χ0) is 19.2. The zero-order valence-corrected chi connectivity index (χ0v) is 15.8. The lowest BCUT2D eigenvalue weighted by atomic mass is 10.1. The molecule has 2 aromatic rings. The van der Waals surface area contributed by atoms with Gasteiger partial charge in [0.1, 0.15) is 12.4 Å². The van der Waals surface area contributed by atoms with E-state index in [1.807, 2.05) is 6.92 Å². The van der Waals surface area contributed by atoms with Crippen molar-refractivity contribution in [3.8, 4) is 5.88 Å². The molecule has 142 valence electrons. The Labute approximate surface area is 153 Å². The summed E-state index contributed by atoms with van der Waals surface area (Å²) in [7, 11) is 0. The molecule has 2 rings (SSSR count). The third-order valence-corrected chi connectivity index (χ3v) is 3.88. The highest BCUT2D eigenvalue weighted by Crippen LogP contribution is 2.18. The third kappa shape index (κ3) is 5.84. The number of aryl methyl sites for hydroxylation is 2. The van der Waals surface area contributed by atoms with Crippen molar-refractivity contribution in [3.05, 3.63) is 40.9 Å². The minimum atomic E-state index is -0.960. The number of aliphatic hydroxyl groups is 1. The number of unbranched alkanes of at least 4 members (excludes halogenated alkanes) is 1. The number of pyridine rings is 1. The highest BCUT2D eigenvalue weighted by Gasteiger charge is 2.16. The number of aromatic nitrogens is 2. The van der Waals surface area contributed by atoms with E-state index in [-0.39, 0.29) is 12.5 Å². The molecule has 2 N–H and O–H groups in total. The summed E-state index contributed by atoms with van der Waals surface area (Å²) in [5.41, 5.74) is 1.32. The number of hydrogen-bond donors (Lipinski definition) is 2. The molecule has 0 saturated carbocycles. The Hall–Kier alpha value is -2.41. The molecule has 0 bridgehead atoms. The summed E-state index contributed by atoms with van der Waals surface area (Å²) in [6.45, 7) is 7.74. The van der Waals surface area contributed by atoms with E-state index in [9.17, 15) is 9.90 Å². The molecule has 7 heteroatoms. The first-order chi connectivity index (χ1) is 12.3. The maximum absolute atomic E-state index is 12.0. The smallest absolute Gasteiger partial charge is 0.252 e. The van der Waals surface area contributed by atoms with Crippen molar-refractivity contribution in [2.24, 2.45) is 0 Å². The molecule has 0 atom stereocenters. The fraction of sp³-hybridized carbons (Fsp3) is 0.526. The number of carbonyl (C=O) groups is 1. The van der Waals surface area contributed by atoms with Crippen LogP contribution in [0.2, 0.25) is 0 Å². The van der Waals surface area contributed by atoms with Crippen molar-refractivity contribution in [2.75, 3.05) is 6.54 Å². The molecule has 0 radical (unpaired) electrons. The van der Waals surface area contributed by atoms with Gasteiger partial charge in [-0.2, -0.15) is 0 Å². The van der Waals surface area contributed by atoms with Gasteiger partial charge in [0.2, 0.25) is 5.88 Å². The Kier molecular flexibility index (Phi) is 6.74. The molecular weight excluding hydrogens is 334 g/mol. The van der Waals surface area contributed by atoms with Gasteiger partial charge in [0.05, 0.1) is 22.4 Å². The first-order valence-electron chi connectivity index (χ1n) is 8.83. The summed E-state index contributed by atoms with van der Waals surface area (Å²) in [5.74, 6) is 0.882. The van der Waals surface area contributed by atoms with E-state index < -0.39 is 5.60 Å². The van der Waals surface area contributed by atoms with Gasteiger partial charge in [-0.25, -0.2) is 4.98 Å². The summed E-state index contributed by atoms with van der Waals surface area (Å²) < 4.78 is 11.0. The second-order valence-corrected chi connectivity index (χ2v) is 6.94. The van der Waals surface area contributed by atoms with Gasteiger partial charge in [-0.05, 0) is 39.7 Å². The Morgan fingerprint density at radius 3 is 2.77 bits per heavy atom. The molecule has 0 aliphatic rings. The summed E-state index contributed by atoms with van der Waals surface area (Å²) in [6, 6.07) is 3.29. The molecule has 0 spiro atoms. The maximum atomic E-state index is 12.0. The molecule has 0 aromatic carbocycles. The largest absolute Gasteiger partial charge is 0.473 e. The highest BCUT2D eigenvalue weighted by molar-refractivity contribution is 5.93. The van der Waals surface area contributed by atoms with Crippen LogP contribution >= 0.6 is 0 Å². The lowest BCUT2D eigenvalue weighted by Crippen LogP contribution is -2.38. The van der Waals surface area contributed by atoms with Crippen molar-refractivity contribution in [2.45, 2.75) is 59.2 Å². The summed E-state index contributed by atoms with van der Waals surface area (Å²) in [4.78, 5) is 16.2. The van der Waals surface area contributed by atoms with E-state index in [1.54, 1.807) is 26.0 Å². The van der Waals surface area contributed by atoms with Gasteiger partial charge in [0.25, 0.3) is 5.91 Å². The van der Waals surface area contributed by atoms with Crippen LogP contribution in [0.15, 0.2) is 22.9 Å². The molecule has 2 aromatic heterocycles. The predicted molar refractivity (Wildman–Crippen MR) is 97.1 cm³/mol. The van der Waals surface area contributed by atoms with E-state index in [0.29, 0.717) is 18.1 Å². The fourth-order valence-corrected chi connectivity index (χ4v) is 2.31. The summed E-state index contributed by atoms with van der Waals surface area (Å²) in [6.07, 6.45) is 4.45. The first kappa shape index (κ1) is 19.9. The van der Waals surface area contributed by atoms with Crippen LogP contribution in [-0.2, 0) is 13.0 Å². The molecular formula is C19H27N3O4. The first-order valence-corrected chi connectivity index (χ1v) is 8.83. The average molecular weight is 361 g/mol. The number of nitrogens with one attached hydrogen (secondary N) is 1. The molecule has 1 amide bonds. The second-order valence-electron chi connectivity index (χ2n) is 6.94. The highest BCUT2D eigenvalue weighted by atomic mass is 16.5. The van der Waals surface area contributed by atoms with E-state index in [4.69, 9.17) is 9.26 Å². The molecule has 0 saturated heterocycles. The fourth-order valence-electron chi connectivity index (χ4n) is 2.31. The van der Waals surface area contributed by atoms with Crippen molar-refractivity contribution < 1.29 is 19.2 Å². The molecule has 0 aliphatic heterocycles. The zero-order valence-electron chi connectivity index (χ0n) is 15.8. The number of amides is 1. The van der Waals surface area contributed by atoms with Crippen LogP contribution in [0.4, 0.5) is 0 Å².